The minimum atomic E-state index is -4.27. The van der Waals surface area contributed by atoms with Gasteiger partial charge in [-0.3, -0.25) is 0 Å². The molecule has 5 rings (SSSR count). The summed E-state index contributed by atoms with van der Waals surface area (Å²) in [4.78, 5) is 4.42. The van der Waals surface area contributed by atoms with Crippen LogP contribution in [-0.2, 0) is 33.6 Å². The summed E-state index contributed by atoms with van der Waals surface area (Å²) >= 11 is 0. The average Bonchev–Trinajstić information content (AvgIpc) is 3.48. The third-order valence-corrected chi connectivity index (χ3v) is 8.99. The second kappa shape index (κ2) is 15.1. The molecule has 1 saturated carbocycles. The molecule has 3 aromatic carbocycles. The maximum absolute atomic E-state index is 12.0. The number of ether oxygens (including phenoxy) is 1. The molecule has 0 bridgehead atoms. The van der Waals surface area contributed by atoms with Gasteiger partial charge in [-0.2, -0.15) is 0 Å². The summed E-state index contributed by atoms with van der Waals surface area (Å²) in [7, 11) is 0.0610. The first-order valence-electron chi connectivity index (χ1n) is 15.2. The van der Waals surface area contributed by atoms with E-state index in [1.165, 1.54) is 24.1 Å². The van der Waals surface area contributed by atoms with E-state index in [2.05, 4.69) is 31.2 Å². The molecular formula is C35H44N2O6S. The van der Waals surface area contributed by atoms with Crippen LogP contribution in [0.2, 0.25) is 0 Å². The van der Waals surface area contributed by atoms with E-state index in [0.717, 1.165) is 53.6 Å². The predicted octanol–water partition coefficient (Wildman–Crippen LogP) is 6.18. The molecule has 236 valence electrons. The van der Waals surface area contributed by atoms with Gasteiger partial charge in [-0.05, 0) is 43.0 Å². The zero-order chi connectivity index (χ0) is 31.6. The molecule has 0 unspecified atom stereocenters. The van der Waals surface area contributed by atoms with Crippen LogP contribution in [0.4, 0.5) is 0 Å². The summed E-state index contributed by atoms with van der Waals surface area (Å²) in [6, 6.07) is 25.9. The number of hydrogen-bond donors (Lipinski definition) is 1. The fraction of sp³-hybridized carbons (Fsp3) is 0.400. The number of benzene rings is 3. The zero-order valence-electron chi connectivity index (χ0n) is 25.9. The topological polar surface area (TPSA) is 113 Å². The maximum atomic E-state index is 12.0. The summed E-state index contributed by atoms with van der Waals surface area (Å²) in [5.74, 6) is 1.34. The highest BCUT2D eigenvalue weighted by molar-refractivity contribution is 7.85. The van der Waals surface area contributed by atoms with Crippen LogP contribution in [0.15, 0.2) is 100 Å². The highest BCUT2D eigenvalue weighted by Gasteiger charge is 2.44. The minimum absolute atomic E-state index is 0.119. The summed E-state index contributed by atoms with van der Waals surface area (Å²) in [6.45, 7) is 4.66. The predicted molar refractivity (Wildman–Crippen MR) is 168 cm³/mol. The first kappa shape index (κ1) is 33.6. The van der Waals surface area contributed by atoms with Gasteiger partial charge in [0.2, 0.25) is 5.89 Å². The van der Waals surface area contributed by atoms with Gasteiger partial charge in [-0.15, -0.1) is 0 Å². The first-order valence-corrected chi connectivity index (χ1v) is 16.6. The van der Waals surface area contributed by atoms with Crippen molar-refractivity contribution in [2.45, 2.75) is 62.7 Å². The number of nitrogens with zero attached hydrogens (tertiary/aromatic N) is 2. The molecule has 1 atom stereocenters. The molecule has 44 heavy (non-hydrogen) atoms. The van der Waals surface area contributed by atoms with Crippen molar-refractivity contribution in [3.63, 3.8) is 0 Å². The Morgan fingerprint density at radius 1 is 0.955 bits per heavy atom. The molecule has 0 radical (unpaired) electrons. The van der Waals surface area contributed by atoms with Crippen molar-refractivity contribution in [1.29, 1.82) is 0 Å². The van der Waals surface area contributed by atoms with Crippen LogP contribution in [0, 0.1) is 12.8 Å². The number of hydrogen-bond acceptors (Lipinski definition) is 7. The van der Waals surface area contributed by atoms with E-state index in [-0.39, 0.29) is 10.8 Å². The third-order valence-electron chi connectivity index (χ3n) is 8.14. The van der Waals surface area contributed by atoms with E-state index >= 15 is 0 Å². The van der Waals surface area contributed by atoms with Crippen molar-refractivity contribution in [3.05, 3.63) is 119 Å². The van der Waals surface area contributed by atoms with Gasteiger partial charge in [-0.25, -0.2) is 13.4 Å². The Bertz CT molecular complexity index is 1530. The Morgan fingerprint density at radius 2 is 1.57 bits per heavy atom. The lowest BCUT2D eigenvalue weighted by atomic mass is 9.73. The number of aliphatic hydroxyl groups is 1. The van der Waals surface area contributed by atoms with Gasteiger partial charge < -0.3 is 23.3 Å². The van der Waals surface area contributed by atoms with Gasteiger partial charge in [0.1, 0.15) is 23.2 Å². The van der Waals surface area contributed by atoms with Crippen LogP contribution < -0.4 is 0 Å². The van der Waals surface area contributed by atoms with Crippen molar-refractivity contribution < 1.29 is 31.7 Å². The van der Waals surface area contributed by atoms with Crippen molar-refractivity contribution in [2.75, 3.05) is 27.2 Å². The summed E-state index contributed by atoms with van der Waals surface area (Å²) in [6.07, 6.45) is 7.28. The quantitative estimate of drug-likeness (QED) is 0.121. The largest absolute Gasteiger partial charge is 0.744 e. The van der Waals surface area contributed by atoms with E-state index in [9.17, 15) is 18.1 Å². The second-order valence-electron chi connectivity index (χ2n) is 12.2. The van der Waals surface area contributed by atoms with Gasteiger partial charge in [0.05, 0.1) is 38.4 Å². The number of aromatic nitrogens is 1. The molecule has 1 heterocycles. The van der Waals surface area contributed by atoms with E-state index < -0.39 is 15.7 Å². The zero-order valence-corrected chi connectivity index (χ0v) is 26.7. The number of oxazole rings is 1. The first-order chi connectivity index (χ1) is 21.0. The van der Waals surface area contributed by atoms with Gasteiger partial charge in [0.25, 0.3) is 0 Å². The van der Waals surface area contributed by atoms with Crippen LogP contribution in [0.25, 0.3) is 0 Å². The summed E-state index contributed by atoms with van der Waals surface area (Å²) < 4.78 is 44.0. The van der Waals surface area contributed by atoms with Gasteiger partial charge in [0, 0.05) is 5.92 Å². The number of likely N-dealkylation sites (N-methyl/N-ethyl adjacent to an activating group) is 1. The Morgan fingerprint density at radius 3 is 2.18 bits per heavy atom. The number of quaternary nitrogens is 1. The lowest BCUT2D eigenvalue weighted by molar-refractivity contribution is -0.905. The highest BCUT2D eigenvalue weighted by atomic mass is 32.2. The van der Waals surface area contributed by atoms with Gasteiger partial charge >= 0.3 is 0 Å². The van der Waals surface area contributed by atoms with Crippen LogP contribution in [0.3, 0.4) is 0 Å². The number of aryl methyl sites for hydroxylation is 1. The average molecular weight is 621 g/mol. The molecule has 0 amide bonds. The normalized spacial score (nSPS) is 15.7. The molecule has 0 aliphatic heterocycles. The Kier molecular flexibility index (Phi) is 11.5. The third kappa shape index (κ3) is 9.33. The molecule has 1 N–H and O–H groups in total. The van der Waals surface area contributed by atoms with E-state index in [0.29, 0.717) is 25.6 Å². The fourth-order valence-electron chi connectivity index (χ4n) is 5.59. The van der Waals surface area contributed by atoms with Crippen molar-refractivity contribution >= 4 is 10.1 Å². The lowest BCUT2D eigenvalue weighted by Crippen LogP contribution is -2.41. The van der Waals surface area contributed by atoms with Gasteiger partial charge in [0.15, 0.2) is 11.4 Å². The van der Waals surface area contributed by atoms with Gasteiger partial charge in [-0.1, -0.05) is 97.6 Å². The molecule has 1 aliphatic carbocycles. The molecular weight excluding hydrogens is 576 g/mol. The Balaban J connectivity index is 0.000000339. The molecule has 1 aliphatic rings. The van der Waals surface area contributed by atoms with Crippen molar-refractivity contribution in [2.24, 2.45) is 5.92 Å². The highest BCUT2D eigenvalue weighted by Crippen LogP contribution is 2.43. The van der Waals surface area contributed by atoms with Crippen LogP contribution >= 0.6 is 0 Å². The Labute approximate surface area is 261 Å². The molecule has 0 saturated heterocycles. The van der Waals surface area contributed by atoms with Crippen molar-refractivity contribution in [3.8, 4) is 0 Å². The molecule has 1 aromatic heterocycles. The molecule has 0 spiro atoms. The minimum Gasteiger partial charge on any atom is -0.744 e. The number of rotatable bonds is 11. The van der Waals surface area contributed by atoms with E-state index in [1.807, 2.05) is 55.5 Å². The van der Waals surface area contributed by atoms with Crippen LogP contribution in [0.5, 0.6) is 0 Å². The van der Waals surface area contributed by atoms with E-state index in [4.69, 9.17) is 9.15 Å². The van der Waals surface area contributed by atoms with Crippen LogP contribution in [0.1, 0.15) is 60.4 Å². The fourth-order valence-corrected chi connectivity index (χ4v) is 6.05. The SMILES string of the molecule is C[N+](C)(CCOCc1ccccc1)Cc1cnc([C@](O)(c2ccccc2)C2CCCCC2)o1.Cc1ccc(S(=O)(=O)[O-])cc1. The smallest absolute Gasteiger partial charge is 0.231 e. The van der Waals surface area contributed by atoms with Crippen molar-refractivity contribution in [1.82, 2.24) is 4.98 Å². The second-order valence-corrected chi connectivity index (χ2v) is 13.6. The summed E-state index contributed by atoms with van der Waals surface area (Å²) in [5, 5.41) is 12.0. The summed E-state index contributed by atoms with van der Waals surface area (Å²) in [5.41, 5.74) is 1.80. The molecule has 9 heteroatoms. The lowest BCUT2D eigenvalue weighted by Gasteiger charge is -2.36. The molecule has 1 fully saturated rings. The monoisotopic (exact) mass is 620 g/mol. The van der Waals surface area contributed by atoms with E-state index in [1.54, 1.807) is 18.3 Å². The standard InChI is InChI=1S/C28H37N2O3.C7H8O3S/c1-30(2,18-19-32-22-23-12-6-3-7-13-23)21-26-20-29-27(33-26)28(31,24-14-8-4-9-15-24)25-16-10-5-11-17-25;1-6-2-4-7(5-3-6)11(8,9)10/h3-4,6-9,12-15,20,25,31H,5,10-11,16-19,21-22H2,1-2H3;2-5H,1H3,(H,8,9,10)/q+1;/p-1/t28-;/m0./s1. The maximum Gasteiger partial charge on any atom is 0.231 e. The van der Waals surface area contributed by atoms with Crippen LogP contribution in [-0.4, -0.2) is 54.8 Å². The molecule has 4 aromatic rings. The molecule has 8 nitrogen and oxygen atoms in total. The Hall–Kier alpha value is -3.34.